The van der Waals surface area contributed by atoms with E-state index in [0.717, 1.165) is 26.7 Å². The summed E-state index contributed by atoms with van der Waals surface area (Å²) < 4.78 is 27.7. The zero-order valence-electron chi connectivity index (χ0n) is 25.1. The van der Waals surface area contributed by atoms with Crippen LogP contribution in [0.4, 0.5) is 5.69 Å². The molecule has 7 nitrogen and oxygen atoms in total. The summed E-state index contributed by atoms with van der Waals surface area (Å²) in [6.45, 7) is 8.88. The Morgan fingerprint density at radius 1 is 0.905 bits per heavy atom. The van der Waals surface area contributed by atoms with E-state index in [1.54, 1.807) is 11.0 Å². The monoisotopic (exact) mass is 655 g/mol. The summed E-state index contributed by atoms with van der Waals surface area (Å²) in [6.07, 6.45) is 1.94. The van der Waals surface area contributed by atoms with E-state index in [1.165, 1.54) is 10.6 Å². The van der Waals surface area contributed by atoms with Crippen molar-refractivity contribution >= 4 is 43.5 Å². The van der Waals surface area contributed by atoms with Gasteiger partial charge >= 0.3 is 0 Å². The van der Waals surface area contributed by atoms with E-state index in [9.17, 15) is 18.0 Å². The first kappa shape index (κ1) is 33.3. The number of benzene rings is 3. The maximum absolute atomic E-state index is 13.9. The molecule has 1 unspecified atom stereocenters. The van der Waals surface area contributed by atoms with E-state index in [0.29, 0.717) is 25.1 Å². The molecule has 0 saturated carbocycles. The van der Waals surface area contributed by atoms with Crippen LogP contribution in [-0.4, -0.2) is 50.5 Å². The van der Waals surface area contributed by atoms with Crippen LogP contribution in [0.5, 0.6) is 0 Å². The molecule has 9 heteroatoms. The van der Waals surface area contributed by atoms with Gasteiger partial charge in [-0.2, -0.15) is 0 Å². The third kappa shape index (κ3) is 9.98. The van der Waals surface area contributed by atoms with E-state index in [2.05, 4.69) is 21.2 Å². The lowest BCUT2D eigenvalue weighted by Crippen LogP contribution is -2.51. The van der Waals surface area contributed by atoms with Gasteiger partial charge in [0.2, 0.25) is 21.8 Å². The van der Waals surface area contributed by atoms with Gasteiger partial charge in [0.25, 0.3) is 0 Å². The molecule has 0 heterocycles. The number of rotatable bonds is 14. The van der Waals surface area contributed by atoms with Crippen LogP contribution in [0.15, 0.2) is 77.3 Å². The predicted octanol–water partition coefficient (Wildman–Crippen LogP) is 6.02. The molecule has 0 spiro atoms. The lowest BCUT2D eigenvalue weighted by molar-refractivity contribution is -0.141. The van der Waals surface area contributed by atoms with Crippen molar-refractivity contribution in [2.24, 2.45) is 5.92 Å². The highest BCUT2D eigenvalue weighted by Crippen LogP contribution is 2.23. The maximum Gasteiger partial charge on any atom is 0.243 e. The number of sulfonamides is 1. The summed E-state index contributed by atoms with van der Waals surface area (Å²) in [4.78, 5) is 29.2. The van der Waals surface area contributed by atoms with Gasteiger partial charge in [-0.3, -0.25) is 13.9 Å². The average Bonchev–Trinajstić information content (AvgIpc) is 2.93. The molecule has 0 radical (unpaired) electrons. The second-order valence-electron chi connectivity index (χ2n) is 11.2. The number of nitrogens with one attached hydrogen (secondary N) is 1. The number of aryl methyl sites for hydroxylation is 2. The van der Waals surface area contributed by atoms with Gasteiger partial charge in [-0.15, -0.1) is 0 Å². The zero-order chi connectivity index (χ0) is 30.9. The van der Waals surface area contributed by atoms with Crippen molar-refractivity contribution in [3.63, 3.8) is 0 Å². The number of carbonyl (C=O) groups is 2. The first-order chi connectivity index (χ1) is 19.8. The van der Waals surface area contributed by atoms with Gasteiger partial charge in [0.1, 0.15) is 6.04 Å². The largest absolute Gasteiger partial charge is 0.354 e. The summed E-state index contributed by atoms with van der Waals surface area (Å²) >= 11 is 3.51. The topological polar surface area (TPSA) is 86.8 Å². The molecule has 1 atom stereocenters. The Hall–Kier alpha value is -3.17. The smallest absolute Gasteiger partial charge is 0.243 e. The third-order valence-electron chi connectivity index (χ3n) is 7.13. The van der Waals surface area contributed by atoms with Crippen LogP contribution in [0, 0.1) is 19.8 Å². The van der Waals surface area contributed by atoms with Crippen molar-refractivity contribution in [3.8, 4) is 0 Å². The van der Waals surface area contributed by atoms with E-state index in [1.807, 2.05) is 94.4 Å². The third-order valence-corrected chi connectivity index (χ3v) is 8.82. The SMILES string of the molecule is Cc1ccc(N(CCCC(=O)N(Cc2cccc(Br)c2)C(Cc2ccccc2)C(=O)NCC(C)C)S(C)(=O)=O)cc1C. The van der Waals surface area contributed by atoms with Crippen LogP contribution in [0.3, 0.4) is 0 Å². The van der Waals surface area contributed by atoms with E-state index < -0.39 is 16.1 Å². The Bertz CT molecular complexity index is 1460. The second-order valence-corrected chi connectivity index (χ2v) is 14.0. The van der Waals surface area contributed by atoms with Gasteiger partial charge in [0.15, 0.2) is 0 Å². The molecule has 0 aromatic heterocycles. The van der Waals surface area contributed by atoms with E-state index in [-0.39, 0.29) is 37.2 Å². The molecule has 3 aromatic rings. The molecule has 1 N–H and O–H groups in total. The summed E-state index contributed by atoms with van der Waals surface area (Å²) in [6, 6.07) is 22.2. The summed E-state index contributed by atoms with van der Waals surface area (Å²) in [5, 5.41) is 3.03. The normalized spacial score (nSPS) is 12.2. The minimum atomic E-state index is -3.57. The molecule has 0 aliphatic rings. The molecular formula is C33H42BrN3O4S. The van der Waals surface area contributed by atoms with Crippen molar-refractivity contribution in [1.29, 1.82) is 0 Å². The summed E-state index contributed by atoms with van der Waals surface area (Å²) in [7, 11) is -3.57. The van der Waals surface area contributed by atoms with Gasteiger partial charge < -0.3 is 10.2 Å². The molecule has 0 fully saturated rings. The number of carbonyl (C=O) groups excluding carboxylic acids is 2. The van der Waals surface area contributed by atoms with E-state index in [4.69, 9.17) is 0 Å². The number of hydrogen-bond donors (Lipinski definition) is 1. The molecule has 2 amide bonds. The quantitative estimate of drug-likeness (QED) is 0.230. The Labute approximate surface area is 259 Å². The predicted molar refractivity (Wildman–Crippen MR) is 174 cm³/mol. The standard InChI is InChI=1S/C33H42BrN3O4S/c1-24(2)22-35-33(39)31(21-27-11-7-6-8-12-27)36(23-28-13-9-14-29(34)20-28)32(38)15-10-18-37(42(5,40)41)30-17-16-25(3)26(4)19-30/h6-9,11-14,16-17,19-20,24,31H,10,15,18,21-23H2,1-5H3,(H,35,39). The van der Waals surface area contributed by atoms with Gasteiger partial charge in [-0.1, -0.05) is 78.3 Å². The maximum atomic E-state index is 13.9. The summed E-state index contributed by atoms with van der Waals surface area (Å²) in [5.74, 6) is -0.152. The van der Waals surface area contributed by atoms with E-state index >= 15 is 0 Å². The van der Waals surface area contributed by atoms with Gasteiger partial charge in [-0.05, 0) is 72.7 Å². The molecule has 0 saturated heterocycles. The lowest BCUT2D eigenvalue weighted by atomic mass is 10.0. The van der Waals surface area contributed by atoms with Crippen molar-refractivity contribution < 1.29 is 18.0 Å². The van der Waals surface area contributed by atoms with Crippen molar-refractivity contribution in [3.05, 3.63) is 99.5 Å². The fraction of sp³-hybridized carbons (Fsp3) is 0.394. The molecule has 226 valence electrons. The molecule has 3 aromatic carbocycles. The van der Waals surface area contributed by atoms with Crippen LogP contribution in [0.1, 0.15) is 48.9 Å². The lowest BCUT2D eigenvalue weighted by Gasteiger charge is -2.32. The van der Waals surface area contributed by atoms with Crippen LogP contribution in [-0.2, 0) is 32.6 Å². The van der Waals surface area contributed by atoms with Crippen molar-refractivity contribution in [2.75, 3.05) is 23.7 Å². The fourth-order valence-electron chi connectivity index (χ4n) is 4.69. The Balaban J connectivity index is 1.89. The average molecular weight is 657 g/mol. The molecule has 42 heavy (non-hydrogen) atoms. The van der Waals surface area contributed by atoms with Crippen LogP contribution in [0.25, 0.3) is 0 Å². The highest BCUT2D eigenvalue weighted by molar-refractivity contribution is 9.10. The minimum Gasteiger partial charge on any atom is -0.354 e. The Morgan fingerprint density at radius 2 is 1.60 bits per heavy atom. The molecule has 0 aliphatic heterocycles. The summed E-state index contributed by atoms with van der Waals surface area (Å²) in [5.41, 5.74) is 4.49. The van der Waals surface area contributed by atoms with Gasteiger partial charge in [0.05, 0.1) is 11.9 Å². The highest BCUT2D eigenvalue weighted by atomic mass is 79.9. The molecule has 0 bridgehead atoms. The van der Waals surface area contributed by atoms with Gasteiger partial charge in [-0.25, -0.2) is 8.42 Å². The number of nitrogens with zero attached hydrogens (tertiary/aromatic N) is 2. The minimum absolute atomic E-state index is 0.0909. The molecule has 3 rings (SSSR count). The van der Waals surface area contributed by atoms with Crippen LogP contribution >= 0.6 is 15.9 Å². The number of hydrogen-bond acceptors (Lipinski definition) is 4. The molecular weight excluding hydrogens is 614 g/mol. The highest BCUT2D eigenvalue weighted by Gasteiger charge is 2.30. The first-order valence-corrected chi connectivity index (χ1v) is 16.9. The Kier molecular flexibility index (Phi) is 12.2. The zero-order valence-corrected chi connectivity index (χ0v) is 27.5. The van der Waals surface area contributed by atoms with Crippen molar-refractivity contribution in [1.82, 2.24) is 10.2 Å². The number of halogens is 1. The second kappa shape index (κ2) is 15.3. The van der Waals surface area contributed by atoms with Gasteiger partial charge in [0, 0.05) is 36.9 Å². The molecule has 0 aliphatic carbocycles. The fourth-order valence-corrected chi connectivity index (χ4v) is 6.10. The first-order valence-electron chi connectivity index (χ1n) is 14.3. The van der Waals surface area contributed by atoms with Crippen LogP contribution < -0.4 is 9.62 Å². The number of anilines is 1. The van der Waals surface area contributed by atoms with Crippen LogP contribution in [0.2, 0.25) is 0 Å². The number of amides is 2. The Morgan fingerprint density at radius 3 is 2.21 bits per heavy atom. The van der Waals surface area contributed by atoms with Crippen molar-refractivity contribution in [2.45, 2.75) is 59.5 Å².